The first kappa shape index (κ1) is 21.9. The van der Waals surface area contributed by atoms with E-state index in [-0.39, 0.29) is 22.4 Å². The number of carbonyl (C=O) groups is 1. The Kier molecular flexibility index (Phi) is 5.24. The second-order valence-corrected chi connectivity index (χ2v) is 9.72. The molecule has 0 fully saturated rings. The van der Waals surface area contributed by atoms with Crippen molar-refractivity contribution < 1.29 is 14.1 Å². The minimum atomic E-state index is -0.927. The SMILES string of the molecule is Cc1ccc2oc3c(c(=O)c2c1)[C@@H](c1cccc([N+](=O)[O-])c1)N(c1nnc(CC(C)C)s1)C3=O. The average Bonchev–Trinajstić information content (AvgIpc) is 3.36. The zero-order chi connectivity index (χ0) is 24.1. The molecule has 9 nitrogen and oxygen atoms in total. The summed E-state index contributed by atoms with van der Waals surface area (Å²) >= 11 is 1.26. The first-order chi connectivity index (χ1) is 16.2. The van der Waals surface area contributed by atoms with Crippen molar-refractivity contribution in [2.24, 2.45) is 5.92 Å². The van der Waals surface area contributed by atoms with Crippen molar-refractivity contribution in [2.45, 2.75) is 33.2 Å². The summed E-state index contributed by atoms with van der Waals surface area (Å²) in [6.07, 6.45) is 0.689. The predicted molar refractivity (Wildman–Crippen MR) is 127 cm³/mol. The van der Waals surface area contributed by atoms with Crippen molar-refractivity contribution >= 4 is 39.0 Å². The number of nitrogens with zero attached hydrogens (tertiary/aromatic N) is 4. The number of non-ortho nitro benzene ring substituents is 1. The predicted octanol–water partition coefficient (Wildman–Crippen LogP) is 4.81. The van der Waals surface area contributed by atoms with Gasteiger partial charge in [0.2, 0.25) is 10.9 Å². The molecule has 0 bridgehead atoms. The van der Waals surface area contributed by atoms with Gasteiger partial charge in [-0.3, -0.25) is 24.6 Å². The molecular formula is C24H20N4O5S. The van der Waals surface area contributed by atoms with Crippen molar-refractivity contribution in [1.29, 1.82) is 0 Å². The topological polar surface area (TPSA) is 119 Å². The summed E-state index contributed by atoms with van der Waals surface area (Å²) in [6.45, 7) is 5.97. The van der Waals surface area contributed by atoms with Crippen molar-refractivity contribution in [3.8, 4) is 0 Å². The van der Waals surface area contributed by atoms with E-state index in [0.717, 1.165) is 10.6 Å². The lowest BCUT2D eigenvalue weighted by atomic mass is 9.98. The van der Waals surface area contributed by atoms with Crippen LogP contribution >= 0.6 is 11.3 Å². The van der Waals surface area contributed by atoms with E-state index in [2.05, 4.69) is 24.0 Å². The number of amides is 1. The van der Waals surface area contributed by atoms with Crippen LogP contribution in [0.1, 0.15) is 52.1 Å². The number of aryl methyl sites for hydroxylation is 1. The molecule has 2 aromatic carbocycles. The summed E-state index contributed by atoms with van der Waals surface area (Å²) in [5, 5.41) is 21.3. The Balaban J connectivity index is 1.76. The molecule has 10 heteroatoms. The molecule has 0 unspecified atom stereocenters. The Morgan fingerprint density at radius 3 is 2.71 bits per heavy atom. The number of hydrogen-bond donors (Lipinski definition) is 0. The highest BCUT2D eigenvalue weighted by atomic mass is 32.1. The largest absolute Gasteiger partial charge is 0.450 e. The number of nitro groups is 1. The van der Waals surface area contributed by atoms with E-state index in [0.29, 0.717) is 34.0 Å². The van der Waals surface area contributed by atoms with Crippen LogP contribution in [-0.4, -0.2) is 21.0 Å². The van der Waals surface area contributed by atoms with Crippen LogP contribution in [0.25, 0.3) is 11.0 Å². The van der Waals surface area contributed by atoms with E-state index in [4.69, 9.17) is 4.42 Å². The third kappa shape index (κ3) is 3.56. The number of anilines is 1. The van der Waals surface area contributed by atoms with Gasteiger partial charge in [0.25, 0.3) is 11.6 Å². The van der Waals surface area contributed by atoms with Crippen LogP contribution in [0.3, 0.4) is 0 Å². The zero-order valence-corrected chi connectivity index (χ0v) is 19.5. The fourth-order valence-corrected chi connectivity index (χ4v) is 5.26. The molecule has 1 amide bonds. The molecule has 0 spiro atoms. The molecule has 0 aliphatic carbocycles. The number of fused-ring (bicyclic) bond motifs is 2. The van der Waals surface area contributed by atoms with Gasteiger partial charge in [0.15, 0.2) is 5.43 Å². The number of rotatable bonds is 5. The quantitative estimate of drug-likeness (QED) is 0.299. The van der Waals surface area contributed by atoms with Gasteiger partial charge in [0, 0.05) is 18.6 Å². The smallest absolute Gasteiger partial charge is 0.297 e. The lowest BCUT2D eigenvalue weighted by Gasteiger charge is -2.21. The van der Waals surface area contributed by atoms with Crippen LogP contribution in [0, 0.1) is 23.0 Å². The molecule has 1 atom stereocenters. The highest BCUT2D eigenvalue weighted by Gasteiger charge is 2.45. The highest BCUT2D eigenvalue weighted by Crippen LogP contribution is 2.42. The van der Waals surface area contributed by atoms with Gasteiger partial charge in [-0.1, -0.05) is 48.9 Å². The van der Waals surface area contributed by atoms with Crippen LogP contribution in [-0.2, 0) is 6.42 Å². The highest BCUT2D eigenvalue weighted by molar-refractivity contribution is 7.15. The van der Waals surface area contributed by atoms with E-state index in [1.807, 2.05) is 6.92 Å². The van der Waals surface area contributed by atoms with Crippen molar-refractivity contribution in [3.63, 3.8) is 0 Å². The lowest BCUT2D eigenvalue weighted by Crippen LogP contribution is -2.29. The van der Waals surface area contributed by atoms with Crippen molar-refractivity contribution in [1.82, 2.24) is 10.2 Å². The van der Waals surface area contributed by atoms with E-state index >= 15 is 0 Å². The Bertz CT molecular complexity index is 1520. The van der Waals surface area contributed by atoms with Crippen LogP contribution in [0.5, 0.6) is 0 Å². The van der Waals surface area contributed by atoms with Crippen LogP contribution in [0.15, 0.2) is 51.7 Å². The summed E-state index contributed by atoms with van der Waals surface area (Å²) in [5.74, 6) is -0.270. The summed E-state index contributed by atoms with van der Waals surface area (Å²) in [5.41, 5.74) is 1.25. The molecular weight excluding hydrogens is 456 g/mol. The Morgan fingerprint density at radius 2 is 1.97 bits per heavy atom. The third-order valence-electron chi connectivity index (χ3n) is 5.67. The molecule has 2 aromatic heterocycles. The van der Waals surface area contributed by atoms with E-state index in [1.54, 1.807) is 24.3 Å². The van der Waals surface area contributed by atoms with Gasteiger partial charge in [0.05, 0.1) is 21.9 Å². The van der Waals surface area contributed by atoms with Crippen molar-refractivity contribution in [3.05, 3.63) is 90.3 Å². The van der Waals surface area contributed by atoms with E-state index in [1.165, 1.54) is 34.4 Å². The molecule has 0 radical (unpaired) electrons. The standard InChI is InChI=1S/C24H20N4O5S/c1-12(2)9-18-25-26-24(34-18)27-20(14-5-4-6-15(11-14)28(31)32)19-21(29)16-10-13(3)7-8-17(16)33-22(19)23(27)30/h4-8,10-12,20H,9H2,1-3H3/t20-/m1/s1. The minimum absolute atomic E-state index is 0.0848. The van der Waals surface area contributed by atoms with Gasteiger partial charge in [-0.05, 0) is 30.5 Å². The number of aromatic nitrogens is 2. The molecule has 0 N–H and O–H groups in total. The van der Waals surface area contributed by atoms with Gasteiger partial charge in [-0.15, -0.1) is 10.2 Å². The molecule has 5 rings (SSSR count). The summed E-state index contributed by atoms with van der Waals surface area (Å²) in [7, 11) is 0. The Labute approximate surface area is 197 Å². The minimum Gasteiger partial charge on any atom is -0.450 e. The zero-order valence-electron chi connectivity index (χ0n) is 18.6. The molecule has 4 aromatic rings. The number of nitro benzene ring substituents is 1. The van der Waals surface area contributed by atoms with Crippen molar-refractivity contribution in [2.75, 3.05) is 4.90 Å². The number of benzene rings is 2. The monoisotopic (exact) mass is 476 g/mol. The lowest BCUT2D eigenvalue weighted by molar-refractivity contribution is -0.384. The normalized spacial score (nSPS) is 15.4. The second kappa shape index (κ2) is 8.14. The molecule has 0 saturated heterocycles. The second-order valence-electron chi connectivity index (χ2n) is 8.68. The van der Waals surface area contributed by atoms with Gasteiger partial charge >= 0.3 is 0 Å². The first-order valence-corrected chi connectivity index (χ1v) is 11.5. The maximum Gasteiger partial charge on any atom is 0.297 e. The number of hydrogen-bond acceptors (Lipinski definition) is 8. The summed E-state index contributed by atoms with van der Waals surface area (Å²) in [4.78, 5) is 39.5. The molecule has 34 heavy (non-hydrogen) atoms. The van der Waals surface area contributed by atoms with Crippen LogP contribution in [0.2, 0.25) is 0 Å². The Morgan fingerprint density at radius 1 is 1.18 bits per heavy atom. The van der Waals surface area contributed by atoms with Gasteiger partial charge < -0.3 is 4.42 Å². The van der Waals surface area contributed by atoms with Crippen LogP contribution in [0.4, 0.5) is 10.8 Å². The van der Waals surface area contributed by atoms with E-state index < -0.39 is 16.9 Å². The summed E-state index contributed by atoms with van der Waals surface area (Å²) in [6, 6.07) is 10.2. The maximum atomic E-state index is 13.6. The number of carbonyl (C=O) groups excluding carboxylic acids is 1. The molecule has 0 saturated carbocycles. The third-order valence-corrected chi connectivity index (χ3v) is 6.61. The average molecular weight is 477 g/mol. The summed E-state index contributed by atoms with van der Waals surface area (Å²) < 4.78 is 5.94. The maximum absolute atomic E-state index is 13.6. The van der Waals surface area contributed by atoms with Crippen LogP contribution < -0.4 is 10.3 Å². The fraction of sp³-hybridized carbons (Fsp3) is 0.250. The van der Waals surface area contributed by atoms with Gasteiger partial charge in [-0.2, -0.15) is 0 Å². The molecule has 1 aliphatic rings. The molecule has 1 aliphatic heterocycles. The van der Waals surface area contributed by atoms with Gasteiger partial charge in [0.1, 0.15) is 10.6 Å². The fourth-order valence-electron chi connectivity index (χ4n) is 4.18. The molecule has 172 valence electrons. The molecule has 3 heterocycles. The van der Waals surface area contributed by atoms with E-state index in [9.17, 15) is 19.7 Å². The van der Waals surface area contributed by atoms with Gasteiger partial charge in [-0.25, -0.2) is 0 Å². The Hall–Kier alpha value is -3.92. The first-order valence-electron chi connectivity index (χ1n) is 10.7.